The zero-order chi connectivity index (χ0) is 21.8. The molecule has 1 saturated heterocycles. The van der Waals surface area contributed by atoms with Gasteiger partial charge in [-0.05, 0) is 55.3 Å². The molecule has 0 aliphatic carbocycles. The number of piperazine rings is 1. The molecule has 31 heavy (non-hydrogen) atoms. The van der Waals surface area contributed by atoms with Gasteiger partial charge in [-0.2, -0.15) is 0 Å². The van der Waals surface area contributed by atoms with E-state index in [0.717, 1.165) is 11.4 Å². The summed E-state index contributed by atoms with van der Waals surface area (Å²) < 4.78 is 13.7. The van der Waals surface area contributed by atoms with Crippen molar-refractivity contribution in [2.75, 3.05) is 41.7 Å². The van der Waals surface area contributed by atoms with Gasteiger partial charge >= 0.3 is 6.03 Å². The lowest BCUT2D eigenvalue weighted by atomic mass is 10.2. The number of rotatable bonds is 4. The first-order valence-electron chi connectivity index (χ1n) is 10.1. The highest BCUT2D eigenvalue weighted by atomic mass is 19.1. The van der Waals surface area contributed by atoms with E-state index in [0.29, 0.717) is 49.1 Å². The predicted octanol–water partition coefficient (Wildman–Crippen LogP) is 3.73. The van der Waals surface area contributed by atoms with Gasteiger partial charge in [0.25, 0.3) is 0 Å². The molecule has 0 spiro atoms. The van der Waals surface area contributed by atoms with Gasteiger partial charge in [-0.3, -0.25) is 0 Å². The second kappa shape index (κ2) is 8.95. The second-order valence-electron chi connectivity index (χ2n) is 7.49. The molecule has 3 heterocycles. The van der Waals surface area contributed by atoms with Crippen molar-refractivity contribution in [3.8, 4) is 0 Å². The Bertz CT molecular complexity index is 1050. The van der Waals surface area contributed by atoms with Crippen LogP contribution in [-0.2, 0) is 0 Å². The zero-order valence-corrected chi connectivity index (χ0v) is 17.5. The van der Waals surface area contributed by atoms with Crippen LogP contribution in [0.3, 0.4) is 0 Å². The Hall–Kier alpha value is -3.75. The number of hydrogen-bond acceptors (Lipinski definition) is 6. The van der Waals surface area contributed by atoms with E-state index in [2.05, 4.69) is 30.7 Å². The second-order valence-corrected chi connectivity index (χ2v) is 7.49. The number of amides is 2. The van der Waals surface area contributed by atoms with Gasteiger partial charge in [-0.15, -0.1) is 10.2 Å². The molecule has 1 aliphatic rings. The van der Waals surface area contributed by atoms with E-state index in [1.165, 1.54) is 6.07 Å². The monoisotopic (exact) mass is 421 g/mol. The quantitative estimate of drug-likeness (QED) is 0.668. The fourth-order valence-corrected chi connectivity index (χ4v) is 3.25. The molecule has 1 fully saturated rings. The molecule has 0 radical (unpaired) electrons. The molecule has 4 rings (SSSR count). The third-order valence-corrected chi connectivity index (χ3v) is 5.13. The summed E-state index contributed by atoms with van der Waals surface area (Å²) in [5.41, 5.74) is 2.09. The van der Waals surface area contributed by atoms with Crippen molar-refractivity contribution < 1.29 is 9.18 Å². The first kappa shape index (κ1) is 20.5. The summed E-state index contributed by atoms with van der Waals surface area (Å²) in [5.74, 6) is 1.74. The van der Waals surface area contributed by atoms with Gasteiger partial charge in [0.1, 0.15) is 11.6 Å². The van der Waals surface area contributed by atoms with Crippen LogP contribution < -0.4 is 15.5 Å². The average molecular weight is 421 g/mol. The maximum absolute atomic E-state index is 13.7. The number of carbonyl (C=O) groups excluding carboxylic acids is 1. The number of nitrogens with zero attached hydrogens (tertiary/aromatic N) is 5. The van der Waals surface area contributed by atoms with Crippen molar-refractivity contribution in [2.24, 2.45) is 0 Å². The van der Waals surface area contributed by atoms with Gasteiger partial charge in [0.05, 0.1) is 0 Å². The van der Waals surface area contributed by atoms with Crippen molar-refractivity contribution in [2.45, 2.75) is 13.8 Å². The Labute approximate surface area is 180 Å². The fourth-order valence-electron chi connectivity index (χ4n) is 3.25. The van der Waals surface area contributed by atoms with Gasteiger partial charge in [-0.1, -0.05) is 12.1 Å². The number of pyridine rings is 1. The van der Waals surface area contributed by atoms with Crippen molar-refractivity contribution >= 4 is 29.2 Å². The van der Waals surface area contributed by atoms with E-state index < -0.39 is 0 Å². The van der Waals surface area contributed by atoms with Crippen molar-refractivity contribution in [1.82, 2.24) is 20.1 Å². The van der Waals surface area contributed by atoms with Crippen LogP contribution in [0.15, 0.2) is 48.7 Å². The number of hydrogen-bond donors (Lipinski definition) is 2. The SMILES string of the molecule is Cc1ccc(Nc2ccc(N3CCN(C(=O)Nc4ccc(C)c(F)c4)CC3)nn2)nc1. The van der Waals surface area contributed by atoms with Gasteiger partial charge in [0.2, 0.25) is 0 Å². The third kappa shape index (κ3) is 5.06. The van der Waals surface area contributed by atoms with Crippen LogP contribution in [0.4, 0.5) is 32.3 Å². The van der Waals surface area contributed by atoms with Crippen LogP contribution in [0.1, 0.15) is 11.1 Å². The fraction of sp³-hybridized carbons (Fsp3) is 0.273. The lowest BCUT2D eigenvalue weighted by Gasteiger charge is -2.35. The molecule has 9 heteroatoms. The third-order valence-electron chi connectivity index (χ3n) is 5.13. The van der Waals surface area contributed by atoms with Crippen LogP contribution in [0.25, 0.3) is 0 Å². The van der Waals surface area contributed by atoms with Crippen LogP contribution in [0.5, 0.6) is 0 Å². The normalized spacial score (nSPS) is 13.8. The highest BCUT2D eigenvalue weighted by molar-refractivity contribution is 5.89. The highest BCUT2D eigenvalue weighted by Gasteiger charge is 2.22. The van der Waals surface area contributed by atoms with Gasteiger partial charge in [0, 0.05) is 38.1 Å². The summed E-state index contributed by atoms with van der Waals surface area (Å²) in [4.78, 5) is 20.6. The minimum Gasteiger partial charge on any atom is -0.352 e. The van der Waals surface area contributed by atoms with Gasteiger partial charge < -0.3 is 20.4 Å². The largest absolute Gasteiger partial charge is 0.352 e. The Kier molecular flexibility index (Phi) is 5.92. The van der Waals surface area contributed by atoms with Gasteiger partial charge in [0.15, 0.2) is 11.6 Å². The van der Waals surface area contributed by atoms with E-state index in [9.17, 15) is 9.18 Å². The van der Waals surface area contributed by atoms with Crippen LogP contribution >= 0.6 is 0 Å². The Morgan fingerprint density at radius 2 is 1.74 bits per heavy atom. The molecule has 8 nitrogen and oxygen atoms in total. The first-order chi connectivity index (χ1) is 15.0. The van der Waals surface area contributed by atoms with Crippen molar-refractivity contribution in [3.05, 3.63) is 65.6 Å². The molecule has 0 bridgehead atoms. The molecule has 0 saturated carbocycles. The molecule has 0 unspecified atom stereocenters. The predicted molar refractivity (Wildman–Crippen MR) is 118 cm³/mol. The number of urea groups is 1. The minimum atomic E-state index is -0.336. The summed E-state index contributed by atoms with van der Waals surface area (Å²) in [7, 11) is 0. The van der Waals surface area contributed by atoms with E-state index in [1.807, 2.05) is 31.2 Å². The van der Waals surface area contributed by atoms with Crippen molar-refractivity contribution in [1.29, 1.82) is 0 Å². The topological polar surface area (TPSA) is 86.3 Å². The number of carbonyl (C=O) groups is 1. The van der Waals surface area contributed by atoms with Gasteiger partial charge in [-0.25, -0.2) is 14.2 Å². The van der Waals surface area contributed by atoms with E-state index in [-0.39, 0.29) is 11.8 Å². The number of aryl methyl sites for hydroxylation is 2. The van der Waals surface area contributed by atoms with Crippen LogP contribution in [0, 0.1) is 19.7 Å². The summed E-state index contributed by atoms with van der Waals surface area (Å²) in [6.45, 7) is 6.01. The minimum absolute atomic E-state index is 0.237. The zero-order valence-electron chi connectivity index (χ0n) is 17.5. The molecule has 2 N–H and O–H groups in total. The summed E-state index contributed by atoms with van der Waals surface area (Å²) in [6.07, 6.45) is 1.79. The summed E-state index contributed by atoms with van der Waals surface area (Å²) in [6, 6.07) is 12.1. The molecular weight excluding hydrogens is 397 g/mol. The highest BCUT2D eigenvalue weighted by Crippen LogP contribution is 2.18. The lowest BCUT2D eigenvalue weighted by Crippen LogP contribution is -2.50. The van der Waals surface area contributed by atoms with E-state index in [4.69, 9.17) is 0 Å². The van der Waals surface area contributed by atoms with Crippen LogP contribution in [0.2, 0.25) is 0 Å². The Balaban J connectivity index is 1.30. The lowest BCUT2D eigenvalue weighted by molar-refractivity contribution is 0.208. The Morgan fingerprint density at radius 1 is 0.968 bits per heavy atom. The molecule has 1 aromatic carbocycles. The smallest absolute Gasteiger partial charge is 0.321 e. The molecule has 3 aromatic rings. The molecule has 2 aromatic heterocycles. The Morgan fingerprint density at radius 3 is 2.39 bits per heavy atom. The first-order valence-corrected chi connectivity index (χ1v) is 10.1. The summed E-state index contributed by atoms with van der Waals surface area (Å²) >= 11 is 0. The van der Waals surface area contributed by atoms with Crippen molar-refractivity contribution in [3.63, 3.8) is 0 Å². The maximum atomic E-state index is 13.7. The number of benzene rings is 1. The number of anilines is 4. The average Bonchev–Trinajstić information content (AvgIpc) is 2.78. The van der Waals surface area contributed by atoms with E-state index >= 15 is 0 Å². The molecule has 1 aliphatic heterocycles. The summed E-state index contributed by atoms with van der Waals surface area (Å²) in [5, 5.41) is 14.4. The number of halogens is 1. The molecule has 0 atom stereocenters. The van der Waals surface area contributed by atoms with E-state index in [1.54, 1.807) is 30.2 Å². The standard InChI is InChI=1S/C22H24FN7O/c1-15-3-6-19(24-14-15)26-20-7-8-21(28-27-20)29-9-11-30(12-10-29)22(31)25-17-5-4-16(2)18(23)13-17/h3-8,13-14H,9-12H2,1-2H3,(H,25,31)(H,24,26,27). The van der Waals surface area contributed by atoms with Crippen LogP contribution in [-0.4, -0.2) is 52.3 Å². The maximum Gasteiger partial charge on any atom is 0.321 e. The molecule has 160 valence electrons. The molecule has 2 amide bonds. The number of aromatic nitrogens is 3. The number of nitrogens with one attached hydrogen (secondary N) is 2. The molecular formula is C22H24FN7O.